The van der Waals surface area contributed by atoms with Gasteiger partial charge in [-0.2, -0.15) is 0 Å². The van der Waals surface area contributed by atoms with Crippen LogP contribution in [0.4, 0.5) is 0 Å². The van der Waals surface area contributed by atoms with E-state index in [2.05, 4.69) is 0 Å². The number of hydrogen-bond acceptors (Lipinski definition) is 4. The van der Waals surface area contributed by atoms with E-state index < -0.39 is 0 Å². The van der Waals surface area contributed by atoms with Gasteiger partial charge < -0.3 is 19.3 Å². The molecule has 0 bridgehead atoms. The predicted molar refractivity (Wildman–Crippen MR) is 82.7 cm³/mol. The molecule has 2 aromatic carbocycles. The van der Waals surface area contributed by atoms with Gasteiger partial charge in [0.15, 0.2) is 23.0 Å². The van der Waals surface area contributed by atoms with Gasteiger partial charge in [-0.05, 0) is 49.2 Å². The zero-order valence-corrected chi connectivity index (χ0v) is 13.0. The number of ether oxygens (including phenoxy) is 3. The van der Waals surface area contributed by atoms with E-state index in [0.717, 1.165) is 16.7 Å². The Morgan fingerprint density at radius 1 is 0.714 bits per heavy atom. The Hall–Kier alpha value is -2.36. The largest absolute Gasteiger partial charge is 0.504 e. The van der Waals surface area contributed by atoms with E-state index in [4.69, 9.17) is 14.2 Å². The molecule has 0 aromatic heterocycles. The van der Waals surface area contributed by atoms with Crippen molar-refractivity contribution in [2.24, 2.45) is 0 Å². The highest BCUT2D eigenvalue weighted by molar-refractivity contribution is 5.81. The molecule has 0 unspecified atom stereocenters. The van der Waals surface area contributed by atoms with Gasteiger partial charge in [0.05, 0.1) is 21.3 Å². The van der Waals surface area contributed by atoms with Crippen LogP contribution in [0.15, 0.2) is 24.3 Å². The molecule has 112 valence electrons. The Labute approximate surface area is 124 Å². The predicted octanol–water partition coefficient (Wildman–Crippen LogP) is 3.70. The summed E-state index contributed by atoms with van der Waals surface area (Å²) in [5, 5.41) is 10.4. The molecule has 0 aliphatic carbocycles. The van der Waals surface area contributed by atoms with Crippen LogP contribution < -0.4 is 14.2 Å². The average molecular weight is 288 g/mol. The van der Waals surface area contributed by atoms with Crippen LogP contribution in [0.25, 0.3) is 11.1 Å². The van der Waals surface area contributed by atoms with Crippen LogP contribution >= 0.6 is 0 Å². The van der Waals surface area contributed by atoms with Crippen molar-refractivity contribution in [3.05, 3.63) is 35.4 Å². The number of phenolic OH excluding ortho intramolecular Hbond substituents is 1. The standard InChI is InChI=1S/C17H20O4/c1-10-6-12(16(18)14(8-10)19-3)13-7-11(2)9-15(20-4)17(13)21-5/h6-9,18H,1-5H3. The highest BCUT2D eigenvalue weighted by Gasteiger charge is 2.18. The van der Waals surface area contributed by atoms with E-state index in [1.807, 2.05) is 32.0 Å². The molecule has 4 heteroatoms. The van der Waals surface area contributed by atoms with Crippen molar-refractivity contribution in [1.29, 1.82) is 0 Å². The maximum Gasteiger partial charge on any atom is 0.168 e. The molecule has 0 radical (unpaired) electrons. The lowest BCUT2D eigenvalue weighted by molar-refractivity contribution is 0.355. The van der Waals surface area contributed by atoms with Crippen molar-refractivity contribution in [2.75, 3.05) is 21.3 Å². The first kappa shape index (κ1) is 15.0. The third-order valence-electron chi connectivity index (χ3n) is 3.35. The van der Waals surface area contributed by atoms with Crippen molar-refractivity contribution in [3.63, 3.8) is 0 Å². The fourth-order valence-electron chi connectivity index (χ4n) is 2.41. The Bertz CT molecular complexity index is 662. The quantitative estimate of drug-likeness (QED) is 0.932. The van der Waals surface area contributed by atoms with E-state index in [9.17, 15) is 5.11 Å². The summed E-state index contributed by atoms with van der Waals surface area (Å²) in [6.45, 7) is 3.92. The first-order valence-electron chi connectivity index (χ1n) is 6.62. The summed E-state index contributed by atoms with van der Waals surface area (Å²) >= 11 is 0. The highest BCUT2D eigenvalue weighted by atomic mass is 16.5. The summed E-state index contributed by atoms with van der Waals surface area (Å²) < 4.78 is 16.1. The molecule has 0 aliphatic rings. The summed E-state index contributed by atoms with van der Waals surface area (Å²) in [4.78, 5) is 0. The first-order valence-corrected chi connectivity index (χ1v) is 6.62. The van der Waals surface area contributed by atoms with Gasteiger partial charge in [0.2, 0.25) is 0 Å². The molecule has 21 heavy (non-hydrogen) atoms. The summed E-state index contributed by atoms with van der Waals surface area (Å²) in [6.07, 6.45) is 0. The Morgan fingerprint density at radius 3 is 1.76 bits per heavy atom. The van der Waals surface area contributed by atoms with Crippen LogP contribution in [0, 0.1) is 13.8 Å². The van der Waals surface area contributed by atoms with E-state index in [0.29, 0.717) is 22.8 Å². The molecule has 2 aromatic rings. The second-order valence-electron chi connectivity index (χ2n) is 4.91. The Kier molecular flexibility index (Phi) is 4.26. The summed E-state index contributed by atoms with van der Waals surface area (Å²) in [5.41, 5.74) is 3.43. The lowest BCUT2D eigenvalue weighted by Gasteiger charge is -2.16. The first-order chi connectivity index (χ1) is 10.0. The topological polar surface area (TPSA) is 47.9 Å². The van der Waals surface area contributed by atoms with Gasteiger partial charge in [-0.15, -0.1) is 0 Å². The van der Waals surface area contributed by atoms with E-state index in [1.165, 1.54) is 7.11 Å². The molecule has 1 N–H and O–H groups in total. The molecular weight excluding hydrogens is 268 g/mol. The van der Waals surface area contributed by atoms with Crippen molar-refractivity contribution in [2.45, 2.75) is 13.8 Å². The molecule has 0 atom stereocenters. The van der Waals surface area contributed by atoms with Gasteiger partial charge in [-0.3, -0.25) is 0 Å². The second-order valence-corrected chi connectivity index (χ2v) is 4.91. The van der Waals surface area contributed by atoms with Crippen molar-refractivity contribution in [3.8, 4) is 34.1 Å². The molecule has 2 rings (SSSR count). The van der Waals surface area contributed by atoms with Gasteiger partial charge in [0.25, 0.3) is 0 Å². The fourth-order valence-corrected chi connectivity index (χ4v) is 2.41. The summed E-state index contributed by atoms with van der Waals surface area (Å²) in [6, 6.07) is 7.54. The molecule has 0 spiro atoms. The number of hydrogen-bond donors (Lipinski definition) is 1. The van der Waals surface area contributed by atoms with Crippen LogP contribution in [0.1, 0.15) is 11.1 Å². The molecule has 0 saturated heterocycles. The lowest BCUT2D eigenvalue weighted by Crippen LogP contribution is -1.96. The summed E-state index contributed by atoms with van der Waals surface area (Å²) in [7, 11) is 4.71. The monoisotopic (exact) mass is 288 g/mol. The number of benzene rings is 2. The zero-order chi connectivity index (χ0) is 15.6. The fraction of sp³-hybridized carbons (Fsp3) is 0.294. The summed E-state index contributed by atoms with van der Waals surface area (Å²) in [5.74, 6) is 1.75. The van der Waals surface area contributed by atoms with Gasteiger partial charge in [0, 0.05) is 11.1 Å². The minimum atomic E-state index is 0.0917. The van der Waals surface area contributed by atoms with Crippen LogP contribution in [0.3, 0.4) is 0 Å². The van der Waals surface area contributed by atoms with Crippen LogP contribution in [-0.2, 0) is 0 Å². The van der Waals surface area contributed by atoms with Gasteiger partial charge in [-0.25, -0.2) is 0 Å². The van der Waals surface area contributed by atoms with E-state index in [-0.39, 0.29) is 5.75 Å². The maximum atomic E-state index is 10.4. The molecular formula is C17H20O4. The number of phenols is 1. The molecule has 0 saturated carbocycles. The van der Waals surface area contributed by atoms with Gasteiger partial charge >= 0.3 is 0 Å². The molecule has 0 amide bonds. The van der Waals surface area contributed by atoms with Crippen LogP contribution in [0.5, 0.6) is 23.0 Å². The zero-order valence-electron chi connectivity index (χ0n) is 13.0. The average Bonchev–Trinajstić information content (AvgIpc) is 2.48. The number of methoxy groups -OCH3 is 3. The number of aryl methyl sites for hydroxylation is 2. The maximum absolute atomic E-state index is 10.4. The van der Waals surface area contributed by atoms with E-state index in [1.54, 1.807) is 20.3 Å². The van der Waals surface area contributed by atoms with Crippen molar-refractivity contribution < 1.29 is 19.3 Å². The number of rotatable bonds is 4. The smallest absolute Gasteiger partial charge is 0.168 e. The highest BCUT2D eigenvalue weighted by Crippen LogP contribution is 2.45. The van der Waals surface area contributed by atoms with Crippen molar-refractivity contribution in [1.82, 2.24) is 0 Å². The molecule has 4 nitrogen and oxygen atoms in total. The van der Waals surface area contributed by atoms with E-state index >= 15 is 0 Å². The SMILES string of the molecule is COc1cc(C)cc(-c2cc(C)cc(OC)c2OC)c1O. The number of aromatic hydroxyl groups is 1. The van der Waals surface area contributed by atoms with Crippen molar-refractivity contribution >= 4 is 0 Å². The molecule has 0 heterocycles. The van der Waals surface area contributed by atoms with Crippen LogP contribution in [-0.4, -0.2) is 26.4 Å². The Morgan fingerprint density at radius 2 is 1.24 bits per heavy atom. The lowest BCUT2D eigenvalue weighted by atomic mass is 9.98. The van der Waals surface area contributed by atoms with Gasteiger partial charge in [0.1, 0.15) is 0 Å². The minimum Gasteiger partial charge on any atom is -0.504 e. The third kappa shape index (κ3) is 2.75. The normalized spacial score (nSPS) is 10.3. The van der Waals surface area contributed by atoms with Gasteiger partial charge in [-0.1, -0.05) is 0 Å². The molecule has 0 aliphatic heterocycles. The molecule has 0 fully saturated rings. The second kappa shape index (κ2) is 5.95. The minimum absolute atomic E-state index is 0.0917. The Balaban J connectivity index is 2.78. The third-order valence-corrected chi connectivity index (χ3v) is 3.35. The van der Waals surface area contributed by atoms with Crippen LogP contribution in [0.2, 0.25) is 0 Å².